The number of aliphatic hydroxyl groups excluding tert-OH is 1. The third kappa shape index (κ3) is 2.28. The summed E-state index contributed by atoms with van der Waals surface area (Å²) < 4.78 is 2.01. The van der Waals surface area contributed by atoms with E-state index in [1.165, 1.54) is 6.42 Å². The summed E-state index contributed by atoms with van der Waals surface area (Å²) >= 11 is 0. The minimum absolute atomic E-state index is 0.172. The number of hydrogen-bond donors (Lipinski definition) is 2. The molecule has 0 spiro atoms. The van der Waals surface area contributed by atoms with Crippen molar-refractivity contribution in [1.29, 1.82) is 0 Å². The smallest absolute Gasteiger partial charge is 0.111 e. The molecule has 1 fully saturated rings. The van der Waals surface area contributed by atoms with E-state index >= 15 is 0 Å². The fourth-order valence-electron chi connectivity index (χ4n) is 2.44. The highest BCUT2D eigenvalue weighted by molar-refractivity contribution is 5.06. The van der Waals surface area contributed by atoms with E-state index in [0.29, 0.717) is 5.92 Å². The van der Waals surface area contributed by atoms with Crippen molar-refractivity contribution in [2.45, 2.75) is 45.4 Å². The Morgan fingerprint density at radius 1 is 1.69 bits per heavy atom. The van der Waals surface area contributed by atoms with Crippen LogP contribution in [0.5, 0.6) is 0 Å². The fourth-order valence-corrected chi connectivity index (χ4v) is 2.44. The van der Waals surface area contributed by atoms with Crippen molar-refractivity contribution in [3.63, 3.8) is 0 Å². The van der Waals surface area contributed by atoms with E-state index in [0.717, 1.165) is 25.2 Å². The molecule has 3 atom stereocenters. The van der Waals surface area contributed by atoms with Crippen molar-refractivity contribution < 1.29 is 5.11 Å². The lowest BCUT2D eigenvalue weighted by atomic mass is 9.90. The van der Waals surface area contributed by atoms with E-state index in [1.807, 2.05) is 4.57 Å². The molecule has 3 unspecified atom stereocenters. The van der Waals surface area contributed by atoms with E-state index in [1.54, 1.807) is 12.5 Å². The summed E-state index contributed by atoms with van der Waals surface area (Å²) in [6, 6.07) is 0.172. The number of piperidine rings is 1. The van der Waals surface area contributed by atoms with Gasteiger partial charge in [0.05, 0.1) is 18.2 Å². The normalized spacial score (nSPS) is 27.9. The largest absolute Gasteiger partial charge is 0.385 e. The third-order valence-electron chi connectivity index (χ3n) is 3.47. The van der Waals surface area contributed by atoms with Crippen LogP contribution in [0.3, 0.4) is 0 Å². The standard InChI is InChI=1S/C12H21N3O/c1-3-15-8-13-7-11(15)12(16)10-6-9(2)4-5-14-10/h7-10,12,14,16H,3-6H2,1-2H3. The highest BCUT2D eigenvalue weighted by atomic mass is 16.3. The van der Waals surface area contributed by atoms with Gasteiger partial charge in [0.2, 0.25) is 0 Å². The molecule has 1 aliphatic rings. The molecule has 2 heterocycles. The number of nitrogens with zero attached hydrogens (tertiary/aromatic N) is 2. The molecular weight excluding hydrogens is 202 g/mol. The minimum Gasteiger partial charge on any atom is -0.385 e. The summed E-state index contributed by atoms with van der Waals surface area (Å²) in [5, 5.41) is 13.7. The van der Waals surface area contributed by atoms with Gasteiger partial charge in [-0.05, 0) is 32.2 Å². The highest BCUT2D eigenvalue weighted by Crippen LogP contribution is 2.25. The number of aromatic nitrogens is 2. The highest BCUT2D eigenvalue weighted by Gasteiger charge is 2.27. The molecule has 0 bridgehead atoms. The maximum absolute atomic E-state index is 10.3. The SMILES string of the molecule is CCn1cncc1C(O)C1CC(C)CCN1. The van der Waals surface area contributed by atoms with E-state index in [-0.39, 0.29) is 6.04 Å². The summed E-state index contributed by atoms with van der Waals surface area (Å²) in [6.07, 6.45) is 5.36. The van der Waals surface area contributed by atoms with Crippen LogP contribution in [0.2, 0.25) is 0 Å². The van der Waals surface area contributed by atoms with Gasteiger partial charge in [0.1, 0.15) is 6.10 Å². The van der Waals surface area contributed by atoms with Crippen LogP contribution >= 0.6 is 0 Å². The Morgan fingerprint density at radius 2 is 2.50 bits per heavy atom. The molecule has 1 saturated heterocycles. The van der Waals surface area contributed by atoms with Crippen LogP contribution in [0.15, 0.2) is 12.5 Å². The van der Waals surface area contributed by atoms with Crippen molar-refractivity contribution in [2.75, 3.05) is 6.54 Å². The van der Waals surface area contributed by atoms with Gasteiger partial charge in [-0.1, -0.05) is 6.92 Å². The van der Waals surface area contributed by atoms with Gasteiger partial charge in [-0.2, -0.15) is 0 Å². The number of aliphatic hydroxyl groups is 1. The zero-order valence-corrected chi connectivity index (χ0v) is 10.1. The summed E-state index contributed by atoms with van der Waals surface area (Å²) in [5.41, 5.74) is 0.925. The van der Waals surface area contributed by atoms with Gasteiger partial charge in [0.15, 0.2) is 0 Å². The number of imidazole rings is 1. The molecule has 1 aromatic rings. The van der Waals surface area contributed by atoms with Crippen LogP contribution in [-0.4, -0.2) is 27.2 Å². The van der Waals surface area contributed by atoms with Gasteiger partial charge in [-0.15, -0.1) is 0 Å². The van der Waals surface area contributed by atoms with Crippen molar-refractivity contribution >= 4 is 0 Å². The van der Waals surface area contributed by atoms with Gasteiger partial charge in [-0.3, -0.25) is 0 Å². The number of nitrogens with one attached hydrogen (secondary N) is 1. The van der Waals surface area contributed by atoms with Crippen LogP contribution < -0.4 is 5.32 Å². The topological polar surface area (TPSA) is 50.1 Å². The first kappa shape index (κ1) is 11.6. The Morgan fingerprint density at radius 3 is 3.19 bits per heavy atom. The molecule has 0 aromatic carbocycles. The molecule has 16 heavy (non-hydrogen) atoms. The second-order valence-electron chi connectivity index (χ2n) is 4.74. The summed E-state index contributed by atoms with van der Waals surface area (Å²) in [6.45, 7) is 6.17. The average molecular weight is 223 g/mol. The second kappa shape index (κ2) is 4.97. The number of rotatable bonds is 3. The van der Waals surface area contributed by atoms with E-state index in [2.05, 4.69) is 24.1 Å². The van der Waals surface area contributed by atoms with Crippen LogP contribution in [0.4, 0.5) is 0 Å². The lowest BCUT2D eigenvalue weighted by molar-refractivity contribution is 0.0946. The molecule has 4 nitrogen and oxygen atoms in total. The maximum atomic E-state index is 10.3. The third-order valence-corrected chi connectivity index (χ3v) is 3.47. The molecule has 1 aliphatic heterocycles. The first-order chi connectivity index (χ1) is 7.72. The van der Waals surface area contributed by atoms with Gasteiger partial charge >= 0.3 is 0 Å². The summed E-state index contributed by atoms with van der Waals surface area (Å²) in [5.74, 6) is 0.693. The zero-order chi connectivity index (χ0) is 11.5. The van der Waals surface area contributed by atoms with Crippen LogP contribution in [0, 0.1) is 5.92 Å². The van der Waals surface area contributed by atoms with Crippen LogP contribution in [0.25, 0.3) is 0 Å². The van der Waals surface area contributed by atoms with Crippen molar-refractivity contribution in [1.82, 2.24) is 14.9 Å². The minimum atomic E-state index is -0.440. The second-order valence-corrected chi connectivity index (χ2v) is 4.74. The van der Waals surface area contributed by atoms with E-state index in [4.69, 9.17) is 0 Å². The molecular formula is C12H21N3O. The quantitative estimate of drug-likeness (QED) is 0.812. The van der Waals surface area contributed by atoms with Crippen molar-refractivity contribution in [3.8, 4) is 0 Å². The van der Waals surface area contributed by atoms with Gasteiger partial charge < -0.3 is 15.0 Å². The number of aryl methyl sites for hydroxylation is 1. The summed E-state index contributed by atoms with van der Waals surface area (Å²) in [7, 11) is 0. The molecule has 2 rings (SSSR count). The fraction of sp³-hybridized carbons (Fsp3) is 0.750. The van der Waals surface area contributed by atoms with Crippen molar-refractivity contribution in [2.24, 2.45) is 5.92 Å². The van der Waals surface area contributed by atoms with Crippen LogP contribution in [-0.2, 0) is 6.54 Å². The molecule has 0 amide bonds. The molecule has 1 aromatic heterocycles. The summed E-state index contributed by atoms with van der Waals surface area (Å²) in [4.78, 5) is 4.10. The molecule has 90 valence electrons. The number of hydrogen-bond acceptors (Lipinski definition) is 3. The Bertz CT molecular complexity index is 337. The zero-order valence-electron chi connectivity index (χ0n) is 10.1. The lowest BCUT2D eigenvalue weighted by Gasteiger charge is -2.31. The Hall–Kier alpha value is -0.870. The van der Waals surface area contributed by atoms with Gasteiger partial charge in [0, 0.05) is 12.6 Å². The first-order valence-corrected chi connectivity index (χ1v) is 6.13. The predicted octanol–water partition coefficient (Wildman–Crippen LogP) is 1.32. The Balaban J connectivity index is 2.09. The molecule has 4 heteroatoms. The first-order valence-electron chi connectivity index (χ1n) is 6.13. The van der Waals surface area contributed by atoms with Crippen LogP contribution in [0.1, 0.15) is 38.5 Å². The molecule has 0 aliphatic carbocycles. The Labute approximate surface area is 96.7 Å². The molecule has 2 N–H and O–H groups in total. The average Bonchev–Trinajstić information content (AvgIpc) is 2.76. The molecule has 0 saturated carbocycles. The van der Waals surface area contributed by atoms with Gasteiger partial charge in [0.25, 0.3) is 0 Å². The van der Waals surface area contributed by atoms with Crippen molar-refractivity contribution in [3.05, 3.63) is 18.2 Å². The monoisotopic (exact) mass is 223 g/mol. The van der Waals surface area contributed by atoms with E-state index < -0.39 is 6.10 Å². The van der Waals surface area contributed by atoms with E-state index in [9.17, 15) is 5.11 Å². The Kier molecular flexibility index (Phi) is 3.61. The maximum Gasteiger partial charge on any atom is 0.111 e. The molecule has 0 radical (unpaired) electrons. The predicted molar refractivity (Wildman–Crippen MR) is 63.0 cm³/mol. The lowest BCUT2D eigenvalue weighted by Crippen LogP contribution is -2.42. The van der Waals surface area contributed by atoms with Gasteiger partial charge in [-0.25, -0.2) is 4.98 Å².